The molecule has 36 heavy (non-hydrogen) atoms. The number of ether oxygens (including phenoxy) is 1. The Bertz CT molecular complexity index is 1400. The van der Waals surface area contributed by atoms with E-state index >= 15 is 0 Å². The van der Waals surface area contributed by atoms with Crippen molar-refractivity contribution in [3.05, 3.63) is 30.1 Å². The van der Waals surface area contributed by atoms with Crippen LogP contribution in [0.4, 0.5) is 11.8 Å². The number of hydrogen-bond donors (Lipinski definition) is 1. The van der Waals surface area contributed by atoms with Crippen LogP contribution < -0.4 is 9.80 Å². The molecule has 0 atom stereocenters. The maximum absolute atomic E-state index is 11.2. The Labute approximate surface area is 210 Å². The molecular formula is C26H34N8O2. The number of aliphatic hydroxyl groups is 1. The van der Waals surface area contributed by atoms with Crippen molar-refractivity contribution >= 4 is 34.0 Å². The highest BCUT2D eigenvalue weighted by Gasteiger charge is 2.32. The van der Waals surface area contributed by atoms with Crippen molar-refractivity contribution in [2.45, 2.75) is 44.6 Å². The van der Waals surface area contributed by atoms with Gasteiger partial charge in [0.2, 0.25) is 11.9 Å². The summed E-state index contributed by atoms with van der Waals surface area (Å²) in [5.41, 5.74) is 2.74. The largest absolute Gasteiger partial charge is 0.388 e. The summed E-state index contributed by atoms with van der Waals surface area (Å²) in [6.07, 6.45) is 5.00. The summed E-state index contributed by atoms with van der Waals surface area (Å²) in [5.74, 6) is 3.00. The van der Waals surface area contributed by atoms with Gasteiger partial charge < -0.3 is 19.6 Å². The number of imidazole rings is 2. The molecule has 1 saturated carbocycles. The first-order chi connectivity index (χ1) is 17.4. The third-order valence-corrected chi connectivity index (χ3v) is 7.56. The SMILES string of the molecule is Cc1nc2ccccc2n1-c1nc(N2CCOCC2)c2nc(N(C)CC3(O)CCCCC3)n(C)c2n1. The van der Waals surface area contributed by atoms with Crippen molar-refractivity contribution in [3.8, 4) is 5.95 Å². The number of likely N-dealkylation sites (N-methyl/N-ethyl adjacent to an activating group) is 1. The summed E-state index contributed by atoms with van der Waals surface area (Å²) < 4.78 is 9.65. The Hall–Kier alpha value is -3.24. The lowest BCUT2D eigenvalue weighted by Crippen LogP contribution is -2.43. The number of hydrogen-bond acceptors (Lipinski definition) is 8. The standard InChI is InChI=1S/C26H34N8O2/c1-18-27-19-9-5-6-10-20(19)34(18)24-29-22-21(23(30-24)33-13-15-36-16-14-33)28-25(32(22)3)31(2)17-26(35)11-7-4-8-12-26/h5-6,9-10,35H,4,7-8,11-17H2,1-3H3. The van der Waals surface area contributed by atoms with Crippen molar-refractivity contribution in [2.24, 2.45) is 7.05 Å². The van der Waals surface area contributed by atoms with Gasteiger partial charge >= 0.3 is 0 Å². The van der Waals surface area contributed by atoms with E-state index in [0.29, 0.717) is 25.7 Å². The average Bonchev–Trinajstić information content (AvgIpc) is 3.40. The van der Waals surface area contributed by atoms with Gasteiger partial charge in [0.05, 0.1) is 29.8 Å². The first-order valence-corrected chi connectivity index (χ1v) is 12.9. The maximum atomic E-state index is 11.2. The second-order valence-corrected chi connectivity index (χ2v) is 10.2. The van der Waals surface area contributed by atoms with Crippen LogP contribution in [0.25, 0.3) is 28.1 Å². The Kier molecular flexibility index (Phi) is 5.80. The fraction of sp³-hybridized carbons (Fsp3) is 0.538. The summed E-state index contributed by atoms with van der Waals surface area (Å²) in [6, 6.07) is 8.05. The van der Waals surface area contributed by atoms with Gasteiger partial charge in [0.1, 0.15) is 5.82 Å². The number of rotatable bonds is 5. The summed E-state index contributed by atoms with van der Waals surface area (Å²) in [6.45, 7) is 5.33. The molecule has 0 amide bonds. The van der Waals surface area contributed by atoms with Gasteiger partial charge in [0.25, 0.3) is 0 Å². The average molecular weight is 491 g/mol. The third-order valence-electron chi connectivity index (χ3n) is 7.56. The number of benzene rings is 1. The number of aryl methyl sites for hydroxylation is 2. The van der Waals surface area contributed by atoms with Crippen LogP contribution in [0.2, 0.25) is 0 Å². The van der Waals surface area contributed by atoms with E-state index in [9.17, 15) is 5.11 Å². The quantitative estimate of drug-likeness (QED) is 0.456. The Morgan fingerprint density at radius 2 is 1.78 bits per heavy atom. The lowest BCUT2D eigenvalue weighted by atomic mass is 9.84. The number of aromatic nitrogens is 6. The molecule has 2 aliphatic rings. The minimum absolute atomic E-state index is 0.544. The zero-order valence-electron chi connectivity index (χ0n) is 21.3. The van der Waals surface area contributed by atoms with Crippen LogP contribution in [0.3, 0.4) is 0 Å². The highest BCUT2D eigenvalue weighted by Crippen LogP contribution is 2.33. The highest BCUT2D eigenvalue weighted by molar-refractivity contribution is 5.87. The predicted molar refractivity (Wildman–Crippen MR) is 140 cm³/mol. The van der Waals surface area contributed by atoms with Gasteiger partial charge in [-0.25, -0.2) is 9.97 Å². The minimum Gasteiger partial charge on any atom is -0.388 e. The lowest BCUT2D eigenvalue weighted by molar-refractivity contribution is 0.0116. The molecule has 2 fully saturated rings. The second kappa shape index (κ2) is 9.01. The van der Waals surface area contributed by atoms with Gasteiger partial charge in [0.15, 0.2) is 17.0 Å². The summed E-state index contributed by atoms with van der Waals surface area (Å²) in [4.78, 5) is 24.1. The fourth-order valence-electron chi connectivity index (χ4n) is 5.74. The van der Waals surface area contributed by atoms with Crippen LogP contribution in [-0.4, -0.2) is 79.7 Å². The zero-order valence-corrected chi connectivity index (χ0v) is 21.3. The topological polar surface area (TPSA) is 97.4 Å². The third kappa shape index (κ3) is 3.98. The molecule has 3 aromatic heterocycles. The summed E-state index contributed by atoms with van der Waals surface area (Å²) in [7, 11) is 3.99. The van der Waals surface area contributed by atoms with Gasteiger partial charge in [-0.2, -0.15) is 9.97 Å². The van der Waals surface area contributed by atoms with E-state index in [1.54, 1.807) is 0 Å². The molecule has 1 aliphatic heterocycles. The summed E-state index contributed by atoms with van der Waals surface area (Å²) >= 11 is 0. The molecule has 0 unspecified atom stereocenters. The van der Waals surface area contributed by atoms with Crippen LogP contribution in [-0.2, 0) is 11.8 Å². The molecule has 4 aromatic rings. The van der Waals surface area contributed by atoms with E-state index in [1.807, 2.05) is 54.4 Å². The molecule has 4 heterocycles. The molecule has 6 rings (SSSR count). The Balaban J connectivity index is 1.49. The number of anilines is 2. The molecule has 10 nitrogen and oxygen atoms in total. The van der Waals surface area contributed by atoms with E-state index in [-0.39, 0.29) is 0 Å². The molecule has 1 saturated heterocycles. The van der Waals surface area contributed by atoms with Gasteiger partial charge in [-0.1, -0.05) is 31.4 Å². The van der Waals surface area contributed by atoms with Crippen LogP contribution in [0, 0.1) is 6.92 Å². The van der Waals surface area contributed by atoms with Gasteiger partial charge in [0, 0.05) is 33.7 Å². The second-order valence-electron chi connectivity index (χ2n) is 10.2. The van der Waals surface area contributed by atoms with Gasteiger partial charge in [-0.15, -0.1) is 0 Å². The Morgan fingerprint density at radius 1 is 1.03 bits per heavy atom. The molecule has 0 spiro atoms. The molecule has 0 bridgehead atoms. The van der Waals surface area contributed by atoms with Crippen LogP contribution >= 0.6 is 0 Å². The molecule has 1 aliphatic carbocycles. The molecule has 1 N–H and O–H groups in total. The van der Waals surface area contributed by atoms with Crippen molar-refractivity contribution in [2.75, 3.05) is 49.7 Å². The highest BCUT2D eigenvalue weighted by atomic mass is 16.5. The monoisotopic (exact) mass is 490 g/mol. The van der Waals surface area contributed by atoms with E-state index in [1.165, 1.54) is 6.42 Å². The van der Waals surface area contributed by atoms with E-state index in [0.717, 1.165) is 78.6 Å². The lowest BCUT2D eigenvalue weighted by Gasteiger charge is -2.35. The Morgan fingerprint density at radius 3 is 2.56 bits per heavy atom. The van der Waals surface area contributed by atoms with Gasteiger partial charge in [-0.05, 0) is 31.9 Å². The van der Waals surface area contributed by atoms with Crippen LogP contribution in [0.15, 0.2) is 24.3 Å². The zero-order chi connectivity index (χ0) is 24.9. The number of para-hydroxylation sites is 2. The van der Waals surface area contributed by atoms with Crippen molar-refractivity contribution < 1.29 is 9.84 Å². The first kappa shape index (κ1) is 23.2. The molecular weight excluding hydrogens is 456 g/mol. The number of fused-ring (bicyclic) bond motifs is 2. The van der Waals surface area contributed by atoms with Crippen LogP contribution in [0.5, 0.6) is 0 Å². The number of nitrogens with zero attached hydrogens (tertiary/aromatic N) is 8. The maximum Gasteiger partial charge on any atom is 0.239 e. The van der Waals surface area contributed by atoms with Crippen molar-refractivity contribution in [3.63, 3.8) is 0 Å². The first-order valence-electron chi connectivity index (χ1n) is 12.9. The molecule has 190 valence electrons. The smallest absolute Gasteiger partial charge is 0.239 e. The fourth-order valence-corrected chi connectivity index (χ4v) is 5.74. The normalized spacial score (nSPS) is 18.3. The minimum atomic E-state index is -0.679. The van der Waals surface area contributed by atoms with E-state index < -0.39 is 5.60 Å². The van der Waals surface area contributed by atoms with Crippen molar-refractivity contribution in [1.29, 1.82) is 0 Å². The summed E-state index contributed by atoms with van der Waals surface area (Å²) in [5, 5.41) is 11.2. The van der Waals surface area contributed by atoms with Crippen LogP contribution in [0.1, 0.15) is 37.9 Å². The number of morpholine rings is 1. The van der Waals surface area contributed by atoms with E-state index in [2.05, 4.69) is 9.80 Å². The van der Waals surface area contributed by atoms with E-state index in [4.69, 9.17) is 24.7 Å². The molecule has 10 heteroatoms. The molecule has 0 radical (unpaired) electrons. The molecule has 1 aromatic carbocycles. The van der Waals surface area contributed by atoms with Crippen molar-refractivity contribution in [1.82, 2.24) is 29.1 Å². The predicted octanol–water partition coefficient (Wildman–Crippen LogP) is 2.98. The van der Waals surface area contributed by atoms with Gasteiger partial charge in [-0.3, -0.25) is 9.13 Å².